The normalized spacial score (nSPS) is 18.6. The minimum Gasteiger partial charge on any atom is -0.325 e. The Morgan fingerprint density at radius 3 is 2.90 bits per heavy atom. The first-order valence-electron chi connectivity index (χ1n) is 7.15. The quantitative estimate of drug-likeness (QED) is 0.405. The van der Waals surface area contributed by atoms with Crippen molar-refractivity contribution in [1.82, 2.24) is 0 Å². The van der Waals surface area contributed by atoms with Crippen molar-refractivity contribution in [2.45, 2.75) is 45.6 Å². The first-order chi connectivity index (χ1) is 9.19. The van der Waals surface area contributed by atoms with Crippen LogP contribution in [0.1, 0.15) is 39.5 Å². The Labute approximate surface area is 148 Å². The molecular formula is C18H26NU-. The number of hydrogen-bond acceptors (Lipinski definition) is 1. The minimum absolute atomic E-state index is 0. The van der Waals surface area contributed by atoms with Crippen LogP contribution in [0.3, 0.4) is 0 Å². The molecule has 20 heavy (non-hydrogen) atoms. The molecule has 0 aliphatic heterocycles. The van der Waals surface area contributed by atoms with E-state index in [4.69, 9.17) is 5.73 Å². The smallest absolute Gasteiger partial charge is 0.0169 e. The van der Waals surface area contributed by atoms with Crippen molar-refractivity contribution in [1.29, 1.82) is 0 Å². The van der Waals surface area contributed by atoms with Gasteiger partial charge in [0.2, 0.25) is 0 Å². The van der Waals surface area contributed by atoms with Crippen molar-refractivity contribution < 1.29 is 31.1 Å². The molecule has 0 radical (unpaired) electrons. The van der Waals surface area contributed by atoms with E-state index in [1.807, 2.05) is 6.08 Å². The number of nitrogens with two attached hydrogens (primary N) is 1. The van der Waals surface area contributed by atoms with E-state index in [9.17, 15) is 0 Å². The number of allylic oxidation sites excluding steroid dienone is 6. The van der Waals surface area contributed by atoms with E-state index >= 15 is 0 Å². The van der Waals surface area contributed by atoms with Crippen molar-refractivity contribution in [2.24, 2.45) is 5.73 Å². The molecule has 0 bridgehead atoms. The van der Waals surface area contributed by atoms with Gasteiger partial charge in [0.05, 0.1) is 0 Å². The van der Waals surface area contributed by atoms with Crippen molar-refractivity contribution in [3.63, 3.8) is 0 Å². The van der Waals surface area contributed by atoms with E-state index in [1.165, 1.54) is 29.9 Å². The minimum atomic E-state index is 0. The van der Waals surface area contributed by atoms with Gasteiger partial charge < -0.3 is 5.73 Å². The molecule has 0 aromatic carbocycles. The Bertz CT molecular complexity index is 402. The maximum absolute atomic E-state index is 6.20. The predicted molar refractivity (Wildman–Crippen MR) is 85.7 cm³/mol. The van der Waals surface area contributed by atoms with Crippen LogP contribution in [-0.4, -0.2) is 6.04 Å². The Balaban J connectivity index is 0.00000361. The van der Waals surface area contributed by atoms with Crippen LogP contribution in [0.25, 0.3) is 0 Å². The zero-order valence-electron chi connectivity index (χ0n) is 12.7. The van der Waals surface area contributed by atoms with Gasteiger partial charge in [-0.25, -0.2) is 12.0 Å². The van der Waals surface area contributed by atoms with Crippen LogP contribution in [0.2, 0.25) is 0 Å². The van der Waals surface area contributed by atoms with Gasteiger partial charge >= 0.3 is 0 Å². The van der Waals surface area contributed by atoms with E-state index < -0.39 is 0 Å². The van der Waals surface area contributed by atoms with Crippen molar-refractivity contribution in [3.05, 3.63) is 66.2 Å². The summed E-state index contributed by atoms with van der Waals surface area (Å²) in [5.41, 5.74) is 8.63. The van der Waals surface area contributed by atoms with Crippen LogP contribution in [0.5, 0.6) is 0 Å². The zero-order valence-corrected chi connectivity index (χ0v) is 16.9. The molecule has 1 unspecified atom stereocenters. The topological polar surface area (TPSA) is 26.0 Å². The van der Waals surface area contributed by atoms with Crippen LogP contribution in [0.4, 0.5) is 0 Å². The summed E-state index contributed by atoms with van der Waals surface area (Å²) in [4.78, 5) is 0. The van der Waals surface area contributed by atoms with E-state index in [2.05, 4.69) is 50.8 Å². The second-order valence-electron chi connectivity index (χ2n) is 5.04. The molecule has 1 aliphatic rings. The van der Waals surface area contributed by atoms with E-state index in [-0.39, 0.29) is 37.2 Å². The fourth-order valence-corrected chi connectivity index (χ4v) is 2.15. The summed E-state index contributed by atoms with van der Waals surface area (Å²) in [6.45, 7) is 8.16. The van der Waals surface area contributed by atoms with Gasteiger partial charge in [0, 0.05) is 37.2 Å². The van der Waals surface area contributed by atoms with Gasteiger partial charge in [-0.15, -0.1) is 18.6 Å². The monoisotopic (exact) mass is 494 g/mol. The van der Waals surface area contributed by atoms with Gasteiger partial charge in [-0.1, -0.05) is 63.1 Å². The summed E-state index contributed by atoms with van der Waals surface area (Å²) in [5, 5.41) is 0. The average Bonchev–Trinajstić information content (AvgIpc) is 2.42. The largest absolute Gasteiger partial charge is 0.325 e. The molecular weight excluding hydrogens is 468 g/mol. The summed E-state index contributed by atoms with van der Waals surface area (Å²) in [6.07, 6.45) is 19.0. The predicted octanol–water partition coefficient (Wildman–Crippen LogP) is 4.65. The summed E-state index contributed by atoms with van der Waals surface area (Å²) in [7, 11) is 0. The Morgan fingerprint density at radius 2 is 2.30 bits per heavy atom. The Kier molecular flexibility index (Phi) is 11.0. The van der Waals surface area contributed by atoms with Gasteiger partial charge in [0.15, 0.2) is 0 Å². The summed E-state index contributed by atoms with van der Waals surface area (Å²) < 4.78 is 0. The second kappa shape index (κ2) is 11.3. The van der Waals surface area contributed by atoms with Crippen molar-refractivity contribution >= 4 is 0 Å². The van der Waals surface area contributed by atoms with Crippen molar-refractivity contribution in [3.8, 4) is 0 Å². The maximum atomic E-state index is 6.20. The SMILES string of the molecule is C=C/C=C\C(=C\[C-](C)CCCC)C1=CC=CCC1N.[U]. The molecule has 0 saturated heterocycles. The van der Waals surface area contributed by atoms with Crippen LogP contribution < -0.4 is 5.73 Å². The molecule has 0 fully saturated rings. The third kappa shape index (κ3) is 6.84. The molecule has 1 nitrogen and oxygen atoms in total. The summed E-state index contributed by atoms with van der Waals surface area (Å²) in [6, 6.07) is 0.102. The number of unbranched alkanes of at least 4 members (excludes halogenated alkanes) is 1. The van der Waals surface area contributed by atoms with Crippen LogP contribution >= 0.6 is 0 Å². The summed E-state index contributed by atoms with van der Waals surface area (Å²) >= 11 is 0. The molecule has 0 aromatic rings. The van der Waals surface area contributed by atoms with Gasteiger partial charge in [-0.3, -0.25) is 0 Å². The van der Waals surface area contributed by atoms with Crippen LogP contribution in [-0.2, 0) is 0 Å². The number of rotatable bonds is 7. The number of hydrogen-bond donors (Lipinski definition) is 1. The second-order valence-corrected chi connectivity index (χ2v) is 5.04. The molecule has 1 atom stereocenters. The van der Waals surface area contributed by atoms with Crippen molar-refractivity contribution in [2.75, 3.05) is 0 Å². The molecule has 1 rings (SSSR count). The van der Waals surface area contributed by atoms with E-state index in [1.54, 1.807) is 6.08 Å². The molecule has 2 heteroatoms. The van der Waals surface area contributed by atoms with Crippen LogP contribution in [0, 0.1) is 37.0 Å². The van der Waals surface area contributed by atoms with Gasteiger partial charge in [0.25, 0.3) is 0 Å². The average molecular weight is 494 g/mol. The van der Waals surface area contributed by atoms with Gasteiger partial charge in [-0.2, -0.15) is 5.57 Å². The molecule has 1 aliphatic carbocycles. The third-order valence-electron chi connectivity index (χ3n) is 3.27. The first-order valence-corrected chi connectivity index (χ1v) is 7.15. The molecule has 108 valence electrons. The Hall–Kier alpha value is -0.418. The third-order valence-corrected chi connectivity index (χ3v) is 3.27. The van der Waals surface area contributed by atoms with Crippen LogP contribution in [0.15, 0.2) is 60.3 Å². The fraction of sp³-hybridized carbons (Fsp3) is 0.389. The Morgan fingerprint density at radius 1 is 1.55 bits per heavy atom. The zero-order chi connectivity index (χ0) is 14.1. The van der Waals surface area contributed by atoms with E-state index in [0.29, 0.717) is 0 Å². The van der Waals surface area contributed by atoms with Gasteiger partial charge in [-0.05, 0) is 6.42 Å². The molecule has 0 saturated carbocycles. The summed E-state index contributed by atoms with van der Waals surface area (Å²) in [5.74, 6) is 1.41. The van der Waals surface area contributed by atoms with Gasteiger partial charge in [0.1, 0.15) is 0 Å². The molecule has 2 N–H and O–H groups in total. The van der Waals surface area contributed by atoms with E-state index in [0.717, 1.165) is 12.8 Å². The first kappa shape index (κ1) is 19.6. The molecule has 0 spiro atoms. The maximum Gasteiger partial charge on any atom is 0.0169 e. The standard InChI is InChI=1S/C18H26N.U/c1-4-6-10-15(3)14-16(11-7-5-2)17-12-8-9-13-18(17)19;/h5,7-9,11-12,14,18H,2,4,6,10,13,19H2,1,3H3;/q-1;/b11-7-,16-14-;. The molecule has 0 heterocycles. The molecule has 0 amide bonds. The molecule has 0 aromatic heterocycles. The fourth-order valence-electron chi connectivity index (χ4n) is 2.15.